The van der Waals surface area contributed by atoms with Gasteiger partial charge in [-0.1, -0.05) is 0 Å². The van der Waals surface area contributed by atoms with Gasteiger partial charge in [0.15, 0.2) is 0 Å². The molecule has 1 fully saturated rings. The maximum absolute atomic E-state index is 12.9. The summed E-state index contributed by atoms with van der Waals surface area (Å²) in [5.74, 6) is -0.294. The highest BCUT2D eigenvalue weighted by atomic mass is 32.1. The van der Waals surface area contributed by atoms with Gasteiger partial charge in [0.05, 0.1) is 16.8 Å². The molecule has 2 atom stereocenters. The summed E-state index contributed by atoms with van der Waals surface area (Å²) in [6.07, 6.45) is 3.25. The van der Waals surface area contributed by atoms with Crippen molar-refractivity contribution in [1.82, 2.24) is 9.47 Å². The Labute approximate surface area is 146 Å². The summed E-state index contributed by atoms with van der Waals surface area (Å²) < 4.78 is 7.97. The van der Waals surface area contributed by atoms with Crippen molar-refractivity contribution in [3.8, 4) is 0 Å². The number of hydrogen-bond acceptors (Lipinski definition) is 4. The Hall–Kier alpha value is -1.82. The SMILES string of the molecule is CCOC(=O)c1cc2sccc2n1CC(=O)N1[C@H](C)CCC[C@@H]1C. The molecule has 0 bridgehead atoms. The van der Waals surface area contributed by atoms with Crippen LogP contribution in [0, 0.1) is 0 Å². The fraction of sp³-hybridized carbons (Fsp3) is 0.556. The van der Waals surface area contributed by atoms with Crippen LogP contribution >= 0.6 is 11.3 Å². The van der Waals surface area contributed by atoms with E-state index in [-0.39, 0.29) is 30.5 Å². The smallest absolute Gasteiger partial charge is 0.355 e. The average molecular weight is 348 g/mol. The number of piperidine rings is 1. The third-order valence-electron chi connectivity index (χ3n) is 4.78. The van der Waals surface area contributed by atoms with Gasteiger partial charge >= 0.3 is 5.97 Å². The number of hydrogen-bond donors (Lipinski definition) is 0. The van der Waals surface area contributed by atoms with Gasteiger partial charge in [-0.15, -0.1) is 11.3 Å². The van der Waals surface area contributed by atoms with E-state index in [0.29, 0.717) is 12.3 Å². The molecule has 1 aliphatic heterocycles. The van der Waals surface area contributed by atoms with Crippen molar-refractivity contribution in [2.45, 2.75) is 58.7 Å². The second-order valence-corrected chi connectivity index (χ2v) is 7.38. The molecule has 3 rings (SSSR count). The topological polar surface area (TPSA) is 51.5 Å². The van der Waals surface area contributed by atoms with Gasteiger partial charge in [0.1, 0.15) is 12.2 Å². The molecule has 1 saturated heterocycles. The van der Waals surface area contributed by atoms with E-state index in [1.807, 2.05) is 22.4 Å². The van der Waals surface area contributed by atoms with E-state index in [2.05, 4.69) is 13.8 Å². The largest absolute Gasteiger partial charge is 0.461 e. The first-order chi connectivity index (χ1) is 11.5. The van der Waals surface area contributed by atoms with Gasteiger partial charge in [0.25, 0.3) is 0 Å². The van der Waals surface area contributed by atoms with Gasteiger partial charge in [-0.3, -0.25) is 4.79 Å². The Morgan fingerprint density at radius 1 is 1.29 bits per heavy atom. The van der Waals surface area contributed by atoms with Crippen LogP contribution < -0.4 is 0 Å². The average Bonchev–Trinajstić information content (AvgIpc) is 3.10. The van der Waals surface area contributed by atoms with Crippen LogP contribution in [0.4, 0.5) is 0 Å². The summed E-state index contributed by atoms with van der Waals surface area (Å²) in [6.45, 7) is 6.51. The van der Waals surface area contributed by atoms with Crippen LogP contribution in [-0.2, 0) is 16.1 Å². The summed E-state index contributed by atoms with van der Waals surface area (Å²) in [5, 5.41) is 1.98. The third kappa shape index (κ3) is 3.07. The van der Waals surface area contributed by atoms with Crippen LogP contribution in [0.5, 0.6) is 0 Å². The minimum atomic E-state index is -0.367. The molecule has 0 spiro atoms. The molecule has 1 aliphatic rings. The Morgan fingerprint density at radius 2 is 2.00 bits per heavy atom. The first kappa shape index (κ1) is 17.0. The fourth-order valence-electron chi connectivity index (χ4n) is 3.65. The molecule has 3 heterocycles. The Balaban J connectivity index is 1.90. The summed E-state index contributed by atoms with van der Waals surface area (Å²) in [4.78, 5) is 27.2. The van der Waals surface area contributed by atoms with E-state index in [1.165, 1.54) is 6.42 Å². The van der Waals surface area contributed by atoms with Crippen LogP contribution in [0.1, 0.15) is 50.5 Å². The zero-order valence-corrected chi connectivity index (χ0v) is 15.3. The minimum Gasteiger partial charge on any atom is -0.461 e. The summed E-state index contributed by atoms with van der Waals surface area (Å²) >= 11 is 1.57. The lowest BCUT2D eigenvalue weighted by molar-refractivity contribution is -0.137. The number of carbonyl (C=O) groups excluding carboxylic acids is 2. The second kappa shape index (κ2) is 6.97. The second-order valence-electron chi connectivity index (χ2n) is 6.44. The van der Waals surface area contributed by atoms with E-state index in [1.54, 1.807) is 22.8 Å². The number of carbonyl (C=O) groups is 2. The highest BCUT2D eigenvalue weighted by Gasteiger charge is 2.30. The van der Waals surface area contributed by atoms with Crippen molar-refractivity contribution in [1.29, 1.82) is 0 Å². The lowest BCUT2D eigenvalue weighted by Gasteiger charge is -2.39. The molecule has 0 aliphatic carbocycles. The number of amides is 1. The van der Waals surface area contributed by atoms with E-state index in [9.17, 15) is 9.59 Å². The van der Waals surface area contributed by atoms with E-state index < -0.39 is 0 Å². The lowest BCUT2D eigenvalue weighted by atomic mass is 9.97. The molecule has 130 valence electrons. The van der Waals surface area contributed by atoms with E-state index in [4.69, 9.17) is 4.74 Å². The maximum Gasteiger partial charge on any atom is 0.355 e. The summed E-state index contributed by atoms with van der Waals surface area (Å²) in [5.41, 5.74) is 1.39. The molecule has 0 saturated carbocycles. The van der Waals surface area contributed by atoms with Crippen LogP contribution in [0.2, 0.25) is 0 Å². The summed E-state index contributed by atoms with van der Waals surface area (Å²) in [7, 11) is 0. The monoisotopic (exact) mass is 348 g/mol. The first-order valence-corrected chi connectivity index (χ1v) is 9.46. The molecule has 0 aromatic carbocycles. The zero-order chi connectivity index (χ0) is 17.3. The van der Waals surface area contributed by atoms with Gasteiger partial charge < -0.3 is 14.2 Å². The van der Waals surface area contributed by atoms with Crippen molar-refractivity contribution in [3.63, 3.8) is 0 Å². The molecule has 0 unspecified atom stereocenters. The molecule has 0 N–H and O–H groups in total. The number of fused-ring (bicyclic) bond motifs is 1. The summed E-state index contributed by atoms with van der Waals surface area (Å²) in [6, 6.07) is 4.29. The highest BCUT2D eigenvalue weighted by molar-refractivity contribution is 7.17. The van der Waals surface area contributed by atoms with Crippen molar-refractivity contribution in [2.24, 2.45) is 0 Å². The lowest BCUT2D eigenvalue weighted by Crippen LogP contribution is -2.48. The van der Waals surface area contributed by atoms with Gasteiger partial charge in [0.2, 0.25) is 5.91 Å². The number of likely N-dealkylation sites (tertiary alicyclic amines) is 1. The Morgan fingerprint density at radius 3 is 2.67 bits per heavy atom. The van der Waals surface area contributed by atoms with Gasteiger partial charge in [-0.05, 0) is 57.5 Å². The number of thiophene rings is 1. The molecule has 5 nitrogen and oxygen atoms in total. The van der Waals surface area contributed by atoms with Crippen molar-refractivity contribution in [3.05, 3.63) is 23.2 Å². The highest BCUT2D eigenvalue weighted by Crippen LogP contribution is 2.28. The van der Waals surface area contributed by atoms with Gasteiger partial charge in [0, 0.05) is 12.1 Å². The van der Waals surface area contributed by atoms with Crippen LogP contribution in [0.15, 0.2) is 17.5 Å². The van der Waals surface area contributed by atoms with Crippen LogP contribution in [0.25, 0.3) is 10.2 Å². The third-order valence-corrected chi connectivity index (χ3v) is 5.64. The normalized spacial score (nSPS) is 21.2. The van der Waals surface area contributed by atoms with E-state index >= 15 is 0 Å². The number of ether oxygens (including phenoxy) is 1. The van der Waals surface area contributed by atoms with Crippen molar-refractivity contribution >= 4 is 33.4 Å². The van der Waals surface area contributed by atoms with Crippen molar-refractivity contribution in [2.75, 3.05) is 6.61 Å². The van der Waals surface area contributed by atoms with Crippen LogP contribution in [-0.4, -0.2) is 40.0 Å². The number of aromatic nitrogens is 1. The van der Waals surface area contributed by atoms with Gasteiger partial charge in [-0.2, -0.15) is 0 Å². The predicted octanol–water partition coefficient (Wildman–Crippen LogP) is 3.67. The number of nitrogens with zero attached hydrogens (tertiary/aromatic N) is 2. The minimum absolute atomic E-state index is 0.0731. The molecular formula is C18H24N2O3S. The van der Waals surface area contributed by atoms with Crippen molar-refractivity contribution < 1.29 is 14.3 Å². The first-order valence-electron chi connectivity index (χ1n) is 8.58. The molecule has 2 aromatic rings. The van der Waals surface area contributed by atoms with Gasteiger partial charge in [-0.25, -0.2) is 4.79 Å². The Bertz CT molecular complexity index is 739. The zero-order valence-electron chi connectivity index (χ0n) is 14.4. The molecule has 24 heavy (non-hydrogen) atoms. The molecule has 6 heteroatoms. The number of rotatable bonds is 4. The number of esters is 1. The van der Waals surface area contributed by atoms with E-state index in [0.717, 1.165) is 23.1 Å². The standard InChI is InChI=1S/C18H24N2O3S/c1-4-23-18(22)15-10-16-14(8-9-24-16)19(15)11-17(21)20-12(2)6-5-7-13(20)3/h8-10,12-13H,4-7,11H2,1-3H3/t12-,13+. The molecule has 0 radical (unpaired) electrons. The quantitative estimate of drug-likeness (QED) is 0.792. The molecule has 2 aromatic heterocycles. The predicted molar refractivity (Wildman–Crippen MR) is 95.4 cm³/mol. The molecular weight excluding hydrogens is 324 g/mol. The Kier molecular flexibility index (Phi) is 4.94. The fourth-order valence-corrected chi connectivity index (χ4v) is 4.47. The maximum atomic E-state index is 12.9. The molecule has 1 amide bonds. The van der Waals surface area contributed by atoms with Crippen LogP contribution in [0.3, 0.4) is 0 Å².